The second-order valence-corrected chi connectivity index (χ2v) is 3.79. The van der Waals surface area contributed by atoms with Gasteiger partial charge in [0.1, 0.15) is 6.54 Å². The summed E-state index contributed by atoms with van der Waals surface area (Å²) >= 11 is 1.42. The van der Waals surface area contributed by atoms with Crippen molar-refractivity contribution < 1.29 is 14.3 Å². The van der Waals surface area contributed by atoms with Gasteiger partial charge in [0.2, 0.25) is 5.91 Å². The number of carbonyl (C=O) groups is 2. The molecule has 5 heteroatoms. The molecule has 82 valence electrons. The van der Waals surface area contributed by atoms with Gasteiger partial charge in [-0.1, -0.05) is 0 Å². The fourth-order valence-electron chi connectivity index (χ4n) is 1.10. The van der Waals surface area contributed by atoms with Crippen molar-refractivity contribution in [2.45, 2.75) is 13.8 Å². The van der Waals surface area contributed by atoms with Crippen LogP contribution in [0.15, 0.2) is 17.5 Å². The second-order valence-electron chi connectivity index (χ2n) is 2.86. The highest BCUT2D eigenvalue weighted by Gasteiger charge is 2.16. The van der Waals surface area contributed by atoms with Crippen LogP contribution in [0.4, 0.5) is 5.00 Å². The lowest BCUT2D eigenvalue weighted by atomic mass is 10.4. The highest BCUT2D eigenvalue weighted by Crippen LogP contribution is 2.21. The number of rotatable bonds is 4. The van der Waals surface area contributed by atoms with E-state index in [1.54, 1.807) is 13.0 Å². The van der Waals surface area contributed by atoms with Crippen LogP contribution in [0.2, 0.25) is 0 Å². The van der Waals surface area contributed by atoms with Crippen molar-refractivity contribution in [2.75, 3.05) is 18.1 Å². The molecule has 0 fully saturated rings. The van der Waals surface area contributed by atoms with Crippen LogP contribution < -0.4 is 4.90 Å². The van der Waals surface area contributed by atoms with Gasteiger partial charge in [0, 0.05) is 6.92 Å². The van der Waals surface area contributed by atoms with E-state index in [4.69, 9.17) is 4.74 Å². The maximum Gasteiger partial charge on any atom is 0.326 e. The third kappa shape index (κ3) is 3.36. The summed E-state index contributed by atoms with van der Waals surface area (Å²) in [5.41, 5.74) is 0. The van der Waals surface area contributed by atoms with Crippen LogP contribution in [-0.2, 0) is 14.3 Å². The van der Waals surface area contributed by atoms with E-state index in [0.717, 1.165) is 5.00 Å². The minimum Gasteiger partial charge on any atom is -0.465 e. The van der Waals surface area contributed by atoms with Crippen molar-refractivity contribution in [3.8, 4) is 0 Å². The molecule has 1 rings (SSSR count). The van der Waals surface area contributed by atoms with E-state index < -0.39 is 0 Å². The molecule has 0 spiro atoms. The summed E-state index contributed by atoms with van der Waals surface area (Å²) in [4.78, 5) is 24.0. The Hall–Kier alpha value is -1.36. The summed E-state index contributed by atoms with van der Waals surface area (Å²) < 4.78 is 4.79. The zero-order valence-corrected chi connectivity index (χ0v) is 9.54. The van der Waals surface area contributed by atoms with E-state index >= 15 is 0 Å². The lowest BCUT2D eigenvalue weighted by Crippen LogP contribution is -2.34. The molecule has 1 aromatic rings. The number of nitrogens with zero attached hydrogens (tertiary/aromatic N) is 1. The molecule has 1 heterocycles. The molecule has 0 aliphatic carbocycles. The highest BCUT2D eigenvalue weighted by molar-refractivity contribution is 7.14. The summed E-state index contributed by atoms with van der Waals surface area (Å²) in [7, 11) is 0. The largest absolute Gasteiger partial charge is 0.465 e. The summed E-state index contributed by atoms with van der Waals surface area (Å²) in [5.74, 6) is -0.549. The Morgan fingerprint density at radius 3 is 2.73 bits per heavy atom. The molecular formula is C10H13NO3S. The van der Waals surface area contributed by atoms with Gasteiger partial charge < -0.3 is 4.74 Å². The van der Waals surface area contributed by atoms with Gasteiger partial charge in [-0.25, -0.2) is 0 Å². The van der Waals surface area contributed by atoms with Gasteiger partial charge in [-0.3, -0.25) is 14.5 Å². The van der Waals surface area contributed by atoms with Crippen LogP contribution in [-0.4, -0.2) is 25.0 Å². The number of ether oxygens (including phenoxy) is 1. The molecule has 0 aromatic carbocycles. The Morgan fingerprint density at radius 2 is 2.27 bits per heavy atom. The maximum atomic E-state index is 11.3. The summed E-state index contributed by atoms with van der Waals surface area (Å²) in [5, 5.41) is 2.62. The topological polar surface area (TPSA) is 46.6 Å². The van der Waals surface area contributed by atoms with E-state index in [0.29, 0.717) is 6.61 Å². The Morgan fingerprint density at radius 1 is 1.53 bits per heavy atom. The van der Waals surface area contributed by atoms with Crippen LogP contribution in [0.5, 0.6) is 0 Å². The fraction of sp³-hybridized carbons (Fsp3) is 0.400. The van der Waals surface area contributed by atoms with Crippen LogP contribution in [0, 0.1) is 0 Å². The van der Waals surface area contributed by atoms with Crippen molar-refractivity contribution in [3.63, 3.8) is 0 Å². The van der Waals surface area contributed by atoms with E-state index in [2.05, 4.69) is 0 Å². The zero-order chi connectivity index (χ0) is 11.3. The standard InChI is InChI=1S/C10H13NO3S/c1-3-14-10(13)7-11(8(2)12)9-5-4-6-15-9/h4-6H,3,7H2,1-2H3. The number of anilines is 1. The quantitative estimate of drug-likeness (QED) is 0.735. The minimum atomic E-state index is -0.388. The third-order valence-corrected chi connectivity index (χ3v) is 2.64. The molecule has 0 unspecified atom stereocenters. The first-order chi connectivity index (χ1) is 7.15. The van der Waals surface area contributed by atoms with E-state index in [9.17, 15) is 9.59 Å². The first kappa shape index (κ1) is 11.7. The molecule has 4 nitrogen and oxygen atoms in total. The number of carbonyl (C=O) groups excluding carboxylic acids is 2. The molecule has 1 amide bonds. The average Bonchev–Trinajstić information content (AvgIpc) is 2.66. The van der Waals surface area contributed by atoms with Crippen molar-refractivity contribution in [1.82, 2.24) is 0 Å². The van der Waals surface area contributed by atoms with Crippen molar-refractivity contribution >= 4 is 28.2 Å². The lowest BCUT2D eigenvalue weighted by molar-refractivity contribution is -0.142. The first-order valence-corrected chi connectivity index (χ1v) is 5.50. The van der Waals surface area contributed by atoms with Crippen LogP contribution in [0.25, 0.3) is 0 Å². The third-order valence-electron chi connectivity index (χ3n) is 1.74. The monoisotopic (exact) mass is 227 g/mol. The average molecular weight is 227 g/mol. The van der Waals surface area contributed by atoms with Gasteiger partial charge >= 0.3 is 5.97 Å². The molecule has 0 aliphatic rings. The maximum absolute atomic E-state index is 11.3. The molecule has 0 bridgehead atoms. The molecular weight excluding hydrogens is 214 g/mol. The minimum absolute atomic E-state index is 0.0241. The fourth-order valence-corrected chi connectivity index (χ4v) is 1.88. The summed E-state index contributed by atoms with van der Waals surface area (Å²) in [6.07, 6.45) is 0. The number of esters is 1. The lowest BCUT2D eigenvalue weighted by Gasteiger charge is -2.17. The van der Waals surface area contributed by atoms with E-state index in [1.807, 2.05) is 11.4 Å². The molecule has 15 heavy (non-hydrogen) atoms. The molecule has 0 atom stereocenters. The first-order valence-electron chi connectivity index (χ1n) is 4.62. The zero-order valence-electron chi connectivity index (χ0n) is 8.73. The molecule has 0 N–H and O–H groups in total. The Kier molecular flexibility index (Phi) is 4.30. The SMILES string of the molecule is CCOC(=O)CN(C(C)=O)c1cccs1. The Balaban J connectivity index is 2.68. The molecule has 0 saturated heterocycles. The van der Waals surface area contributed by atoms with Gasteiger partial charge in [0.15, 0.2) is 0 Å². The molecule has 0 aliphatic heterocycles. The van der Waals surface area contributed by atoms with E-state index in [-0.39, 0.29) is 18.4 Å². The van der Waals surface area contributed by atoms with Crippen LogP contribution in [0.1, 0.15) is 13.8 Å². The van der Waals surface area contributed by atoms with E-state index in [1.165, 1.54) is 23.2 Å². The smallest absolute Gasteiger partial charge is 0.326 e. The Bertz CT molecular complexity index is 334. The number of hydrogen-bond donors (Lipinski definition) is 0. The van der Waals surface area contributed by atoms with Crippen molar-refractivity contribution in [2.24, 2.45) is 0 Å². The van der Waals surface area contributed by atoms with Gasteiger partial charge in [0.25, 0.3) is 0 Å². The Labute approximate surface area is 92.5 Å². The van der Waals surface area contributed by atoms with Crippen LogP contribution >= 0.6 is 11.3 Å². The number of hydrogen-bond acceptors (Lipinski definition) is 4. The number of amides is 1. The van der Waals surface area contributed by atoms with Gasteiger partial charge in [-0.2, -0.15) is 0 Å². The molecule has 0 radical (unpaired) electrons. The van der Waals surface area contributed by atoms with Crippen LogP contribution in [0.3, 0.4) is 0 Å². The van der Waals surface area contributed by atoms with Gasteiger partial charge in [0.05, 0.1) is 11.6 Å². The van der Waals surface area contributed by atoms with Crippen molar-refractivity contribution in [3.05, 3.63) is 17.5 Å². The van der Waals surface area contributed by atoms with Crippen molar-refractivity contribution in [1.29, 1.82) is 0 Å². The molecule has 1 aromatic heterocycles. The molecule has 0 saturated carbocycles. The predicted octanol–water partition coefficient (Wildman–Crippen LogP) is 1.66. The highest BCUT2D eigenvalue weighted by atomic mass is 32.1. The summed E-state index contributed by atoms with van der Waals surface area (Å²) in [6, 6.07) is 3.63. The number of thiophene rings is 1. The normalized spacial score (nSPS) is 9.73. The summed E-state index contributed by atoms with van der Waals surface area (Å²) in [6.45, 7) is 3.47. The predicted molar refractivity (Wildman–Crippen MR) is 59.0 cm³/mol. The van der Waals surface area contributed by atoms with Gasteiger partial charge in [-0.15, -0.1) is 11.3 Å². The van der Waals surface area contributed by atoms with Gasteiger partial charge in [-0.05, 0) is 24.4 Å². The second kappa shape index (κ2) is 5.50.